The van der Waals surface area contributed by atoms with Crippen LogP contribution in [0.15, 0.2) is 78.0 Å². The van der Waals surface area contributed by atoms with Crippen LogP contribution in [0.3, 0.4) is 0 Å². The molecule has 2 saturated heterocycles. The first kappa shape index (κ1) is 19.7. The van der Waals surface area contributed by atoms with Crippen molar-refractivity contribution in [1.82, 2.24) is 4.90 Å². The molecule has 0 aromatic heterocycles. The molecule has 2 aliphatic heterocycles. The molecule has 0 spiro atoms. The maximum absolute atomic E-state index is 10.8. The number of rotatable bonds is 4. The highest BCUT2D eigenvalue weighted by molar-refractivity contribution is 6.31. The molecule has 0 aliphatic carbocycles. The molecule has 2 fully saturated rings. The zero-order valence-corrected chi connectivity index (χ0v) is 17.3. The molecule has 30 heavy (non-hydrogen) atoms. The maximum atomic E-state index is 10.8. The molecule has 0 radical (unpaired) electrons. The van der Waals surface area contributed by atoms with E-state index in [9.17, 15) is 4.91 Å². The first-order chi connectivity index (χ1) is 14.7. The lowest BCUT2D eigenvalue weighted by atomic mass is 10.0. The lowest BCUT2D eigenvalue weighted by Gasteiger charge is -2.28. The number of benzene rings is 3. The summed E-state index contributed by atoms with van der Waals surface area (Å²) < 4.78 is 12.8. The van der Waals surface area contributed by atoms with Crippen LogP contribution in [-0.4, -0.2) is 17.5 Å². The van der Waals surface area contributed by atoms with Crippen LogP contribution < -0.4 is 0 Å². The Morgan fingerprint density at radius 1 is 0.833 bits per heavy atom. The highest BCUT2D eigenvalue weighted by Crippen LogP contribution is 2.52. The Bertz CT molecular complexity index is 1080. The molecule has 5 rings (SSSR count). The summed E-state index contributed by atoms with van der Waals surface area (Å²) >= 11 is 13.0. The largest absolute Gasteiger partial charge is 0.357 e. The van der Waals surface area contributed by atoms with Gasteiger partial charge in [0.25, 0.3) is 0 Å². The summed E-state index contributed by atoms with van der Waals surface area (Å²) in [5.74, 6) is 0. The standard InChI is InChI=1S/C23H18Cl2N2O3/c24-18-7-3-1-5-16(18)22-27-20(13-29-22)21(14-9-11-15(26-28)12-10-14)30-23(27)17-6-2-4-8-19(17)25/h1-12,20-23H,13H2. The van der Waals surface area contributed by atoms with E-state index in [0.29, 0.717) is 22.3 Å². The number of fused-ring (bicyclic) bond motifs is 1. The summed E-state index contributed by atoms with van der Waals surface area (Å²) in [7, 11) is 0. The Labute approximate surface area is 184 Å². The summed E-state index contributed by atoms with van der Waals surface area (Å²) in [5.41, 5.74) is 3.10. The predicted molar refractivity (Wildman–Crippen MR) is 116 cm³/mol. The predicted octanol–water partition coefficient (Wildman–Crippen LogP) is 6.56. The number of hydrogen-bond donors (Lipinski definition) is 0. The van der Waals surface area contributed by atoms with Crippen LogP contribution in [0.2, 0.25) is 10.0 Å². The van der Waals surface area contributed by atoms with Gasteiger partial charge in [0.15, 0.2) is 0 Å². The molecule has 0 bridgehead atoms. The van der Waals surface area contributed by atoms with Crippen LogP contribution in [0, 0.1) is 4.91 Å². The molecule has 7 heteroatoms. The van der Waals surface area contributed by atoms with Crippen LogP contribution in [-0.2, 0) is 9.47 Å². The zero-order valence-electron chi connectivity index (χ0n) is 15.8. The normalized spacial score (nSPS) is 25.9. The molecule has 0 saturated carbocycles. The third kappa shape index (κ3) is 3.33. The lowest BCUT2D eigenvalue weighted by Crippen LogP contribution is -2.31. The van der Waals surface area contributed by atoms with E-state index in [0.717, 1.165) is 16.7 Å². The SMILES string of the molecule is O=Nc1ccc(C2OC(c3ccccc3Cl)N3C(c4ccccc4Cl)OCC23)cc1. The van der Waals surface area contributed by atoms with Gasteiger partial charge < -0.3 is 9.47 Å². The van der Waals surface area contributed by atoms with Gasteiger partial charge in [-0.3, -0.25) is 0 Å². The van der Waals surface area contributed by atoms with Crippen molar-refractivity contribution < 1.29 is 9.47 Å². The van der Waals surface area contributed by atoms with Crippen LogP contribution in [0.5, 0.6) is 0 Å². The van der Waals surface area contributed by atoms with Crippen molar-refractivity contribution in [2.45, 2.75) is 24.6 Å². The van der Waals surface area contributed by atoms with Crippen molar-refractivity contribution in [2.75, 3.05) is 6.61 Å². The second-order valence-corrected chi connectivity index (χ2v) is 8.15. The first-order valence-corrected chi connectivity index (χ1v) is 10.4. The third-order valence-corrected chi connectivity index (χ3v) is 6.33. The van der Waals surface area contributed by atoms with E-state index in [1.54, 1.807) is 12.1 Å². The van der Waals surface area contributed by atoms with Gasteiger partial charge in [-0.05, 0) is 35.0 Å². The van der Waals surface area contributed by atoms with Gasteiger partial charge in [-0.15, -0.1) is 4.91 Å². The van der Waals surface area contributed by atoms with Crippen molar-refractivity contribution in [3.05, 3.63) is 104 Å². The summed E-state index contributed by atoms with van der Waals surface area (Å²) in [6.07, 6.45) is -1.01. The molecular formula is C23H18Cl2N2O3. The molecule has 2 aliphatic rings. The minimum Gasteiger partial charge on any atom is -0.357 e. The monoisotopic (exact) mass is 440 g/mol. The lowest BCUT2D eigenvalue weighted by molar-refractivity contribution is -0.0765. The van der Waals surface area contributed by atoms with E-state index in [-0.39, 0.29) is 18.4 Å². The minimum absolute atomic E-state index is 0.0393. The van der Waals surface area contributed by atoms with Crippen molar-refractivity contribution in [3.63, 3.8) is 0 Å². The smallest absolute Gasteiger partial charge is 0.141 e. The topological polar surface area (TPSA) is 51.1 Å². The van der Waals surface area contributed by atoms with Gasteiger partial charge in [0.2, 0.25) is 0 Å². The Hall–Kier alpha value is -2.28. The van der Waals surface area contributed by atoms with Crippen molar-refractivity contribution in [3.8, 4) is 0 Å². The van der Waals surface area contributed by atoms with Crippen molar-refractivity contribution in [1.29, 1.82) is 0 Å². The number of ether oxygens (including phenoxy) is 2. The van der Waals surface area contributed by atoms with Crippen molar-refractivity contribution in [2.24, 2.45) is 5.18 Å². The second-order valence-electron chi connectivity index (χ2n) is 7.34. The molecule has 152 valence electrons. The molecule has 0 N–H and O–H groups in total. The summed E-state index contributed by atoms with van der Waals surface area (Å²) in [6.45, 7) is 0.481. The number of halogens is 2. The molecule has 3 aromatic rings. The van der Waals surface area contributed by atoms with Gasteiger partial charge in [0.1, 0.15) is 24.2 Å². The fourth-order valence-electron chi connectivity index (χ4n) is 4.24. The summed E-state index contributed by atoms with van der Waals surface area (Å²) in [4.78, 5) is 13.0. The quantitative estimate of drug-likeness (QED) is 0.430. The molecular weight excluding hydrogens is 423 g/mol. The number of nitroso groups, excluding NO2 is 1. The first-order valence-electron chi connectivity index (χ1n) is 9.64. The molecule has 2 heterocycles. The Morgan fingerprint density at radius 3 is 2.03 bits per heavy atom. The molecule has 4 unspecified atom stereocenters. The van der Waals surface area contributed by atoms with Crippen molar-refractivity contribution >= 4 is 28.9 Å². The molecule has 5 nitrogen and oxygen atoms in total. The maximum Gasteiger partial charge on any atom is 0.141 e. The third-order valence-electron chi connectivity index (χ3n) is 5.64. The molecule has 4 atom stereocenters. The highest BCUT2D eigenvalue weighted by Gasteiger charge is 2.52. The fraction of sp³-hybridized carbons (Fsp3) is 0.217. The number of nitrogens with zero attached hydrogens (tertiary/aromatic N) is 2. The van der Waals surface area contributed by atoms with E-state index in [1.807, 2.05) is 60.7 Å². The Kier molecular flexibility index (Phi) is 5.31. The van der Waals surface area contributed by atoms with E-state index in [2.05, 4.69) is 10.1 Å². The van der Waals surface area contributed by atoms with Gasteiger partial charge in [-0.2, -0.15) is 0 Å². The van der Waals surface area contributed by atoms with Crippen LogP contribution in [0.4, 0.5) is 5.69 Å². The Balaban J connectivity index is 1.57. The second kappa shape index (κ2) is 8.10. The van der Waals surface area contributed by atoms with Crippen LogP contribution in [0.25, 0.3) is 0 Å². The van der Waals surface area contributed by atoms with E-state index >= 15 is 0 Å². The fourth-order valence-corrected chi connectivity index (χ4v) is 4.69. The molecule has 0 amide bonds. The average Bonchev–Trinajstić information content (AvgIpc) is 3.36. The minimum atomic E-state index is -0.402. The summed E-state index contributed by atoms with van der Waals surface area (Å²) in [6, 6.07) is 22.4. The van der Waals surface area contributed by atoms with Gasteiger partial charge in [0.05, 0.1) is 12.6 Å². The van der Waals surface area contributed by atoms with Gasteiger partial charge in [-0.25, -0.2) is 4.90 Å². The number of hydrogen-bond acceptors (Lipinski definition) is 5. The van der Waals surface area contributed by atoms with E-state index in [1.165, 1.54) is 0 Å². The highest BCUT2D eigenvalue weighted by atomic mass is 35.5. The van der Waals surface area contributed by atoms with Gasteiger partial charge in [0, 0.05) is 21.2 Å². The zero-order chi connectivity index (χ0) is 20.7. The van der Waals surface area contributed by atoms with E-state index in [4.69, 9.17) is 32.7 Å². The van der Waals surface area contributed by atoms with Crippen LogP contribution >= 0.6 is 23.2 Å². The summed E-state index contributed by atoms with van der Waals surface area (Å²) in [5, 5.41) is 4.26. The van der Waals surface area contributed by atoms with Crippen LogP contribution in [0.1, 0.15) is 35.3 Å². The molecule has 3 aromatic carbocycles. The van der Waals surface area contributed by atoms with E-state index < -0.39 is 6.23 Å². The van der Waals surface area contributed by atoms with Gasteiger partial charge in [-0.1, -0.05) is 71.7 Å². The average molecular weight is 441 g/mol. The Morgan fingerprint density at radius 2 is 1.43 bits per heavy atom. The van der Waals surface area contributed by atoms with Gasteiger partial charge >= 0.3 is 0 Å².